The molecule has 0 saturated carbocycles. The third-order valence-corrected chi connectivity index (χ3v) is 6.99. The summed E-state index contributed by atoms with van der Waals surface area (Å²) < 4.78 is 1.12. The quantitative estimate of drug-likeness (QED) is 0.220. The molecule has 0 aliphatic heterocycles. The van der Waals surface area contributed by atoms with Gasteiger partial charge in [0, 0.05) is 9.89 Å². The van der Waals surface area contributed by atoms with Crippen LogP contribution in [0.4, 0.5) is 0 Å². The van der Waals surface area contributed by atoms with Crippen molar-refractivity contribution in [3.63, 3.8) is 0 Å². The maximum atomic E-state index is 3.67. The lowest BCUT2D eigenvalue weighted by atomic mass is 9.81. The average molecular weight is 423 g/mol. The molecule has 5 aromatic carbocycles. The number of rotatable bonds is 0. The zero-order valence-electron chi connectivity index (χ0n) is 15.9. The smallest absolute Gasteiger partial charge is 0.0181 e. The van der Waals surface area contributed by atoms with Gasteiger partial charge in [-0.1, -0.05) is 84.4 Å². The van der Waals surface area contributed by atoms with Gasteiger partial charge in [0.15, 0.2) is 0 Å². The summed E-state index contributed by atoms with van der Waals surface area (Å²) in [6, 6.07) is 29.2. The number of benzene rings is 5. The van der Waals surface area contributed by atoms with Crippen molar-refractivity contribution in [3.8, 4) is 11.1 Å². The lowest BCUT2D eigenvalue weighted by Crippen LogP contribution is -2.14. The Bertz CT molecular complexity index is 1440. The second-order valence-corrected chi connectivity index (χ2v) is 9.27. The molecular formula is C27H19Br. The fourth-order valence-electron chi connectivity index (χ4n) is 5.12. The van der Waals surface area contributed by atoms with Crippen molar-refractivity contribution in [1.29, 1.82) is 0 Å². The van der Waals surface area contributed by atoms with Crippen LogP contribution in [0.1, 0.15) is 25.0 Å². The summed E-state index contributed by atoms with van der Waals surface area (Å²) in [5.74, 6) is 0. The number of hydrogen-bond donors (Lipinski definition) is 0. The molecule has 0 nitrogen and oxygen atoms in total. The van der Waals surface area contributed by atoms with Crippen LogP contribution < -0.4 is 0 Å². The van der Waals surface area contributed by atoms with Crippen molar-refractivity contribution in [3.05, 3.63) is 94.5 Å². The Labute approximate surface area is 172 Å². The lowest BCUT2D eigenvalue weighted by molar-refractivity contribution is 0.661. The molecule has 5 aromatic rings. The van der Waals surface area contributed by atoms with Crippen molar-refractivity contribution in [1.82, 2.24) is 0 Å². The van der Waals surface area contributed by atoms with Gasteiger partial charge in [-0.15, -0.1) is 0 Å². The van der Waals surface area contributed by atoms with E-state index in [-0.39, 0.29) is 5.41 Å². The SMILES string of the molecule is CC1(C)c2ccccc2-c2cc3c4ccccc4c4cc(Br)ccc4c3cc21. The van der Waals surface area contributed by atoms with Gasteiger partial charge >= 0.3 is 0 Å². The van der Waals surface area contributed by atoms with E-state index in [1.807, 2.05) is 0 Å². The molecule has 0 radical (unpaired) electrons. The highest BCUT2D eigenvalue weighted by Crippen LogP contribution is 2.51. The largest absolute Gasteiger partial charge is 0.0619 e. The van der Waals surface area contributed by atoms with Gasteiger partial charge in [-0.25, -0.2) is 0 Å². The molecule has 0 bridgehead atoms. The second kappa shape index (κ2) is 5.46. The van der Waals surface area contributed by atoms with Crippen molar-refractivity contribution in [2.45, 2.75) is 19.3 Å². The minimum atomic E-state index is 0.0213. The van der Waals surface area contributed by atoms with E-state index in [0.29, 0.717) is 0 Å². The Hall–Kier alpha value is -2.64. The lowest BCUT2D eigenvalue weighted by Gasteiger charge is -2.22. The molecule has 0 N–H and O–H groups in total. The first-order valence-electron chi connectivity index (χ1n) is 9.74. The summed E-state index contributed by atoms with van der Waals surface area (Å²) in [5, 5.41) is 7.97. The summed E-state index contributed by atoms with van der Waals surface area (Å²) in [7, 11) is 0. The molecule has 0 amide bonds. The van der Waals surface area contributed by atoms with Gasteiger partial charge in [0.05, 0.1) is 0 Å². The van der Waals surface area contributed by atoms with Crippen LogP contribution in [0.5, 0.6) is 0 Å². The number of fused-ring (bicyclic) bond motifs is 9. The predicted molar refractivity (Wildman–Crippen MR) is 124 cm³/mol. The zero-order valence-corrected chi connectivity index (χ0v) is 17.5. The molecule has 134 valence electrons. The van der Waals surface area contributed by atoms with Gasteiger partial charge in [0.2, 0.25) is 0 Å². The summed E-state index contributed by atoms with van der Waals surface area (Å²) in [4.78, 5) is 0. The first-order chi connectivity index (χ1) is 13.6. The monoisotopic (exact) mass is 422 g/mol. The van der Waals surface area contributed by atoms with E-state index >= 15 is 0 Å². The Balaban J connectivity index is 1.87. The molecule has 28 heavy (non-hydrogen) atoms. The topological polar surface area (TPSA) is 0 Å². The molecule has 1 aliphatic rings. The van der Waals surface area contributed by atoms with Crippen LogP contribution in [-0.4, -0.2) is 0 Å². The van der Waals surface area contributed by atoms with E-state index in [2.05, 4.69) is 109 Å². The third kappa shape index (κ3) is 2.00. The molecule has 1 heteroatoms. The van der Waals surface area contributed by atoms with Gasteiger partial charge in [-0.2, -0.15) is 0 Å². The summed E-state index contributed by atoms with van der Waals surface area (Å²) >= 11 is 3.67. The van der Waals surface area contributed by atoms with Crippen LogP contribution in [0.2, 0.25) is 0 Å². The number of halogens is 1. The first-order valence-corrected chi connectivity index (χ1v) is 10.5. The molecule has 0 spiro atoms. The zero-order chi connectivity index (χ0) is 19.0. The molecule has 0 saturated heterocycles. The molecule has 0 heterocycles. The van der Waals surface area contributed by atoms with Crippen LogP contribution in [0.15, 0.2) is 83.3 Å². The fourth-order valence-corrected chi connectivity index (χ4v) is 5.48. The van der Waals surface area contributed by atoms with Crippen LogP contribution in [0.25, 0.3) is 43.4 Å². The summed E-state index contributed by atoms with van der Waals surface area (Å²) in [6.07, 6.45) is 0. The molecular weight excluding hydrogens is 404 g/mol. The summed E-state index contributed by atoms with van der Waals surface area (Å²) in [6.45, 7) is 4.70. The van der Waals surface area contributed by atoms with Gasteiger partial charge in [0.25, 0.3) is 0 Å². The molecule has 0 unspecified atom stereocenters. The van der Waals surface area contributed by atoms with E-state index in [1.54, 1.807) is 0 Å². The van der Waals surface area contributed by atoms with Crippen molar-refractivity contribution < 1.29 is 0 Å². The Morgan fingerprint density at radius 3 is 1.93 bits per heavy atom. The molecule has 1 aliphatic carbocycles. The van der Waals surface area contributed by atoms with E-state index in [0.717, 1.165) is 4.47 Å². The van der Waals surface area contributed by atoms with E-state index < -0.39 is 0 Å². The minimum Gasteiger partial charge on any atom is -0.0619 e. The van der Waals surface area contributed by atoms with Gasteiger partial charge in [0.1, 0.15) is 0 Å². The highest BCUT2D eigenvalue weighted by atomic mass is 79.9. The summed E-state index contributed by atoms with van der Waals surface area (Å²) in [5.41, 5.74) is 5.64. The van der Waals surface area contributed by atoms with E-state index in [4.69, 9.17) is 0 Å². The highest BCUT2D eigenvalue weighted by Gasteiger charge is 2.35. The molecule has 0 aromatic heterocycles. The maximum absolute atomic E-state index is 3.67. The van der Waals surface area contributed by atoms with E-state index in [9.17, 15) is 0 Å². The average Bonchev–Trinajstić information content (AvgIpc) is 2.94. The minimum absolute atomic E-state index is 0.0213. The molecule has 0 atom stereocenters. The highest BCUT2D eigenvalue weighted by molar-refractivity contribution is 9.10. The Morgan fingerprint density at radius 2 is 1.14 bits per heavy atom. The normalized spacial score (nSPS) is 14.5. The maximum Gasteiger partial charge on any atom is 0.0181 e. The van der Waals surface area contributed by atoms with Crippen LogP contribution >= 0.6 is 15.9 Å². The molecule has 0 fully saturated rings. The standard InChI is InChI=1S/C27H19Br/c1-27(2)25-10-6-5-9-20(25)24-14-22-18-8-4-3-7-17(18)21-13-16(28)11-12-19(21)23(22)15-26(24)27/h3-15H,1-2H3. The second-order valence-electron chi connectivity index (χ2n) is 8.35. The van der Waals surface area contributed by atoms with Crippen molar-refractivity contribution >= 4 is 48.2 Å². The van der Waals surface area contributed by atoms with Crippen LogP contribution in [0, 0.1) is 0 Å². The van der Waals surface area contributed by atoms with Gasteiger partial charge < -0.3 is 0 Å². The Morgan fingerprint density at radius 1 is 0.536 bits per heavy atom. The van der Waals surface area contributed by atoms with Gasteiger partial charge in [-0.05, 0) is 78.8 Å². The first kappa shape index (κ1) is 16.3. The van der Waals surface area contributed by atoms with Crippen molar-refractivity contribution in [2.75, 3.05) is 0 Å². The predicted octanol–water partition coefficient (Wildman–Crippen LogP) is 8.22. The van der Waals surface area contributed by atoms with E-state index in [1.165, 1.54) is 54.6 Å². The van der Waals surface area contributed by atoms with Gasteiger partial charge in [-0.3, -0.25) is 0 Å². The fraction of sp³-hybridized carbons (Fsp3) is 0.111. The number of hydrogen-bond acceptors (Lipinski definition) is 0. The third-order valence-electron chi connectivity index (χ3n) is 6.50. The Kier molecular flexibility index (Phi) is 3.18. The van der Waals surface area contributed by atoms with Crippen molar-refractivity contribution in [2.24, 2.45) is 0 Å². The molecule has 6 rings (SSSR count). The van der Waals surface area contributed by atoms with Crippen LogP contribution in [-0.2, 0) is 5.41 Å². The van der Waals surface area contributed by atoms with Crippen LogP contribution in [0.3, 0.4) is 0 Å².